The highest BCUT2D eigenvalue weighted by Crippen LogP contribution is 2.42. The van der Waals surface area contributed by atoms with Crippen molar-refractivity contribution in [3.8, 4) is 5.75 Å². The van der Waals surface area contributed by atoms with Gasteiger partial charge >= 0.3 is 0 Å². The lowest BCUT2D eigenvalue weighted by molar-refractivity contribution is 0.415. The molecule has 0 saturated heterocycles. The molecule has 0 fully saturated rings. The van der Waals surface area contributed by atoms with E-state index in [-0.39, 0.29) is 0 Å². The van der Waals surface area contributed by atoms with Crippen molar-refractivity contribution in [3.05, 3.63) is 30.6 Å². The lowest BCUT2D eigenvalue weighted by Gasteiger charge is -2.23. The maximum Gasteiger partial charge on any atom is 0.121 e. The van der Waals surface area contributed by atoms with Gasteiger partial charge in [-0.05, 0) is 18.1 Å². The van der Waals surface area contributed by atoms with Gasteiger partial charge in [-0.2, -0.15) is 0 Å². The third-order valence-corrected chi connectivity index (χ3v) is 3.08. The second-order valence-corrected chi connectivity index (χ2v) is 4.83. The van der Waals surface area contributed by atoms with Crippen molar-refractivity contribution in [2.24, 2.45) is 5.92 Å². The molecular formula is C14H20N2O. The molecule has 92 valence electrons. The highest BCUT2D eigenvalue weighted by Gasteiger charge is 2.27. The van der Waals surface area contributed by atoms with E-state index in [9.17, 15) is 0 Å². The van der Waals surface area contributed by atoms with Crippen LogP contribution < -0.4 is 14.5 Å². The molecule has 0 amide bonds. The number of fused-ring (bicyclic) bond motifs is 1. The predicted molar refractivity (Wildman–Crippen MR) is 72.7 cm³/mol. The van der Waals surface area contributed by atoms with Gasteiger partial charge in [0.15, 0.2) is 0 Å². The molecule has 0 unspecified atom stereocenters. The van der Waals surface area contributed by atoms with Crippen molar-refractivity contribution in [2.45, 2.75) is 13.8 Å². The summed E-state index contributed by atoms with van der Waals surface area (Å²) in [6.07, 6.45) is 0. The van der Waals surface area contributed by atoms with Crippen LogP contribution in [0, 0.1) is 5.92 Å². The Labute approximate surface area is 103 Å². The van der Waals surface area contributed by atoms with Crippen LogP contribution in [0.5, 0.6) is 5.75 Å². The highest BCUT2D eigenvalue weighted by atomic mass is 16.5. The molecule has 1 aromatic carbocycles. The number of ether oxygens (including phenoxy) is 1. The third kappa shape index (κ3) is 1.97. The SMILES string of the molecule is C=C1N(C)c2ccc(OC)cc2N1CC(C)C. The van der Waals surface area contributed by atoms with E-state index in [1.807, 2.05) is 13.1 Å². The topological polar surface area (TPSA) is 15.7 Å². The van der Waals surface area contributed by atoms with Crippen LogP contribution in [-0.4, -0.2) is 20.7 Å². The summed E-state index contributed by atoms with van der Waals surface area (Å²) in [6, 6.07) is 6.15. The van der Waals surface area contributed by atoms with Crippen LogP contribution in [0.15, 0.2) is 30.6 Å². The van der Waals surface area contributed by atoms with E-state index >= 15 is 0 Å². The lowest BCUT2D eigenvalue weighted by atomic mass is 10.2. The molecule has 0 radical (unpaired) electrons. The minimum Gasteiger partial charge on any atom is -0.497 e. The molecule has 3 heteroatoms. The van der Waals surface area contributed by atoms with Gasteiger partial charge in [0.25, 0.3) is 0 Å². The molecule has 17 heavy (non-hydrogen) atoms. The Balaban J connectivity index is 2.42. The Morgan fingerprint density at radius 1 is 1.29 bits per heavy atom. The Hall–Kier alpha value is -1.64. The maximum atomic E-state index is 5.29. The molecule has 0 N–H and O–H groups in total. The molecule has 0 aliphatic carbocycles. The second kappa shape index (κ2) is 4.32. The van der Waals surface area contributed by atoms with Crippen molar-refractivity contribution in [3.63, 3.8) is 0 Å². The zero-order valence-corrected chi connectivity index (χ0v) is 11.0. The average molecular weight is 232 g/mol. The molecule has 0 spiro atoms. The van der Waals surface area contributed by atoms with Crippen molar-refractivity contribution in [1.82, 2.24) is 0 Å². The van der Waals surface area contributed by atoms with E-state index in [0.29, 0.717) is 5.92 Å². The number of benzene rings is 1. The standard InChI is InChI=1S/C14H20N2O/c1-10(2)9-16-11(3)15(4)13-7-6-12(17-5)8-14(13)16/h6-8,10H,3,9H2,1-2,4-5H3. The van der Waals surface area contributed by atoms with E-state index < -0.39 is 0 Å². The van der Waals surface area contributed by atoms with Gasteiger partial charge in [0, 0.05) is 19.7 Å². The summed E-state index contributed by atoms with van der Waals surface area (Å²) in [7, 11) is 3.75. The Morgan fingerprint density at radius 2 is 2.00 bits per heavy atom. The summed E-state index contributed by atoms with van der Waals surface area (Å²) in [5.74, 6) is 2.51. The molecule has 0 saturated carbocycles. The lowest BCUT2D eigenvalue weighted by Crippen LogP contribution is -2.28. The number of rotatable bonds is 3. The van der Waals surface area contributed by atoms with Crippen molar-refractivity contribution in [2.75, 3.05) is 30.5 Å². The van der Waals surface area contributed by atoms with Crippen LogP contribution in [-0.2, 0) is 0 Å². The van der Waals surface area contributed by atoms with Crippen LogP contribution in [0.3, 0.4) is 0 Å². The van der Waals surface area contributed by atoms with Crippen LogP contribution >= 0.6 is 0 Å². The van der Waals surface area contributed by atoms with Crippen molar-refractivity contribution < 1.29 is 4.74 Å². The quantitative estimate of drug-likeness (QED) is 0.796. The summed E-state index contributed by atoms with van der Waals surface area (Å²) < 4.78 is 5.29. The Morgan fingerprint density at radius 3 is 2.59 bits per heavy atom. The van der Waals surface area contributed by atoms with Crippen molar-refractivity contribution in [1.29, 1.82) is 0 Å². The van der Waals surface area contributed by atoms with Crippen LogP contribution in [0.2, 0.25) is 0 Å². The van der Waals surface area contributed by atoms with Gasteiger partial charge in [-0.1, -0.05) is 20.4 Å². The molecule has 1 aromatic rings. The van der Waals surface area contributed by atoms with Gasteiger partial charge in [0.2, 0.25) is 0 Å². The van der Waals surface area contributed by atoms with E-state index in [0.717, 1.165) is 18.1 Å². The third-order valence-electron chi connectivity index (χ3n) is 3.08. The van der Waals surface area contributed by atoms with Gasteiger partial charge in [-0.25, -0.2) is 0 Å². The predicted octanol–water partition coefficient (Wildman–Crippen LogP) is 3.08. The monoisotopic (exact) mass is 232 g/mol. The molecule has 0 bridgehead atoms. The molecule has 1 heterocycles. The number of methoxy groups -OCH3 is 1. The zero-order chi connectivity index (χ0) is 12.6. The van der Waals surface area contributed by atoms with Gasteiger partial charge in [-0.15, -0.1) is 0 Å². The van der Waals surface area contributed by atoms with Gasteiger partial charge in [0.05, 0.1) is 18.5 Å². The van der Waals surface area contributed by atoms with Crippen LogP contribution in [0.1, 0.15) is 13.8 Å². The highest BCUT2D eigenvalue weighted by molar-refractivity contribution is 5.83. The summed E-state index contributed by atoms with van der Waals surface area (Å²) in [6.45, 7) is 9.55. The van der Waals surface area contributed by atoms with E-state index in [1.54, 1.807) is 7.11 Å². The maximum absolute atomic E-state index is 5.29. The molecule has 1 aliphatic rings. The van der Waals surface area contributed by atoms with Gasteiger partial charge in [0.1, 0.15) is 11.6 Å². The van der Waals surface area contributed by atoms with E-state index in [1.165, 1.54) is 11.4 Å². The second-order valence-electron chi connectivity index (χ2n) is 4.83. The first-order chi connectivity index (χ1) is 8.04. The Bertz CT molecular complexity index is 440. The van der Waals surface area contributed by atoms with E-state index in [2.05, 4.69) is 42.4 Å². The van der Waals surface area contributed by atoms with Crippen LogP contribution in [0.25, 0.3) is 0 Å². The minimum absolute atomic E-state index is 0.595. The van der Waals surface area contributed by atoms with Gasteiger partial charge in [-0.3, -0.25) is 0 Å². The van der Waals surface area contributed by atoms with Crippen LogP contribution in [0.4, 0.5) is 11.4 Å². The number of anilines is 2. The van der Waals surface area contributed by atoms with Crippen molar-refractivity contribution >= 4 is 11.4 Å². The first-order valence-corrected chi connectivity index (χ1v) is 5.92. The fourth-order valence-electron chi connectivity index (χ4n) is 2.16. The average Bonchev–Trinajstić information content (AvgIpc) is 2.53. The normalized spacial score (nSPS) is 14.5. The largest absolute Gasteiger partial charge is 0.497 e. The number of hydrogen-bond donors (Lipinski definition) is 0. The van der Waals surface area contributed by atoms with E-state index in [4.69, 9.17) is 4.74 Å². The summed E-state index contributed by atoms with van der Waals surface area (Å²) in [5.41, 5.74) is 2.38. The molecule has 0 atom stereocenters. The summed E-state index contributed by atoms with van der Waals surface area (Å²) in [5, 5.41) is 0. The smallest absolute Gasteiger partial charge is 0.121 e. The molecule has 3 nitrogen and oxygen atoms in total. The zero-order valence-electron chi connectivity index (χ0n) is 11.0. The molecule has 2 rings (SSSR count). The number of hydrogen-bond acceptors (Lipinski definition) is 3. The van der Waals surface area contributed by atoms with Gasteiger partial charge < -0.3 is 14.5 Å². The molecular weight excluding hydrogens is 212 g/mol. The Kier molecular flexibility index (Phi) is 3.01. The molecule has 0 aromatic heterocycles. The number of nitrogens with zero attached hydrogens (tertiary/aromatic N) is 2. The molecule has 1 aliphatic heterocycles. The first kappa shape index (κ1) is 11.8. The summed E-state index contributed by atoms with van der Waals surface area (Å²) in [4.78, 5) is 4.37. The fourth-order valence-corrected chi connectivity index (χ4v) is 2.16. The summed E-state index contributed by atoms with van der Waals surface area (Å²) >= 11 is 0. The first-order valence-electron chi connectivity index (χ1n) is 5.92. The fraction of sp³-hybridized carbons (Fsp3) is 0.429. The minimum atomic E-state index is 0.595.